The Morgan fingerprint density at radius 1 is 1.08 bits per heavy atom. The first-order chi connectivity index (χ1) is 12.6. The maximum absolute atomic E-state index is 12.8. The first kappa shape index (κ1) is 18.1. The zero-order valence-corrected chi connectivity index (χ0v) is 14.5. The van der Waals surface area contributed by atoms with Crippen LogP contribution in [0.25, 0.3) is 0 Å². The van der Waals surface area contributed by atoms with Crippen LogP contribution in [0.3, 0.4) is 0 Å². The zero-order chi connectivity index (χ0) is 18.4. The van der Waals surface area contributed by atoms with Gasteiger partial charge >= 0.3 is 0 Å². The molecule has 0 bridgehead atoms. The van der Waals surface area contributed by atoms with Crippen molar-refractivity contribution in [2.24, 2.45) is 0 Å². The van der Waals surface area contributed by atoms with Crippen LogP contribution in [0.2, 0.25) is 0 Å². The molecular formula is C19H22FN3O3. The summed E-state index contributed by atoms with van der Waals surface area (Å²) in [6.07, 6.45) is 1.89. The number of piperazine rings is 1. The fourth-order valence-corrected chi connectivity index (χ4v) is 2.88. The van der Waals surface area contributed by atoms with E-state index in [0.29, 0.717) is 38.4 Å². The van der Waals surface area contributed by atoms with Crippen molar-refractivity contribution in [1.82, 2.24) is 15.1 Å². The molecule has 0 aliphatic carbocycles. The number of amides is 2. The molecule has 0 unspecified atom stereocenters. The predicted molar refractivity (Wildman–Crippen MR) is 93.9 cm³/mol. The highest BCUT2D eigenvalue weighted by Crippen LogP contribution is 2.09. The van der Waals surface area contributed by atoms with E-state index in [-0.39, 0.29) is 17.6 Å². The van der Waals surface area contributed by atoms with Crippen molar-refractivity contribution in [3.8, 4) is 0 Å². The molecule has 1 fully saturated rings. The number of hydrogen-bond acceptors (Lipinski definition) is 4. The lowest BCUT2D eigenvalue weighted by Crippen LogP contribution is -2.49. The van der Waals surface area contributed by atoms with E-state index in [0.717, 1.165) is 18.7 Å². The quantitative estimate of drug-likeness (QED) is 0.855. The Balaban J connectivity index is 1.35. The van der Waals surface area contributed by atoms with Gasteiger partial charge in [-0.2, -0.15) is 0 Å². The lowest BCUT2D eigenvalue weighted by Gasteiger charge is -2.34. The monoisotopic (exact) mass is 359 g/mol. The number of halogens is 1. The van der Waals surface area contributed by atoms with Gasteiger partial charge in [-0.05, 0) is 29.8 Å². The number of nitrogens with one attached hydrogen (secondary N) is 1. The van der Waals surface area contributed by atoms with Crippen molar-refractivity contribution in [3.05, 3.63) is 59.8 Å². The molecule has 6 nitrogen and oxygen atoms in total. The van der Waals surface area contributed by atoms with E-state index in [2.05, 4.69) is 10.2 Å². The highest BCUT2D eigenvalue weighted by atomic mass is 19.1. The van der Waals surface area contributed by atoms with E-state index >= 15 is 0 Å². The minimum absolute atomic E-state index is 0.0385. The molecule has 0 radical (unpaired) electrons. The second kappa shape index (κ2) is 8.62. The summed E-state index contributed by atoms with van der Waals surface area (Å²) in [4.78, 5) is 28.1. The van der Waals surface area contributed by atoms with Gasteiger partial charge < -0.3 is 14.6 Å². The standard InChI is InChI=1S/C19H22FN3O3/c20-16-5-3-15(4-6-16)14-21-18(24)7-8-22-9-11-23(12-10-22)19(25)17-2-1-13-26-17/h1-6,13H,7-12,14H2,(H,21,24). The van der Waals surface area contributed by atoms with Gasteiger partial charge in [0.25, 0.3) is 5.91 Å². The van der Waals surface area contributed by atoms with Gasteiger partial charge in [0.2, 0.25) is 5.91 Å². The molecule has 0 saturated carbocycles. The predicted octanol–water partition coefficient (Wildman–Crippen LogP) is 1.88. The summed E-state index contributed by atoms with van der Waals surface area (Å²) in [5, 5.41) is 2.84. The fourth-order valence-electron chi connectivity index (χ4n) is 2.88. The Morgan fingerprint density at radius 3 is 2.46 bits per heavy atom. The Morgan fingerprint density at radius 2 is 1.81 bits per heavy atom. The van der Waals surface area contributed by atoms with Crippen molar-refractivity contribution < 1.29 is 18.4 Å². The zero-order valence-electron chi connectivity index (χ0n) is 14.5. The molecule has 7 heteroatoms. The highest BCUT2D eigenvalue weighted by molar-refractivity contribution is 5.91. The molecule has 1 aliphatic rings. The topological polar surface area (TPSA) is 65.8 Å². The number of rotatable bonds is 6. The Kier molecular flexibility index (Phi) is 6.01. The molecule has 2 heterocycles. The molecular weight excluding hydrogens is 337 g/mol. The molecule has 26 heavy (non-hydrogen) atoms. The van der Waals surface area contributed by atoms with E-state index in [1.165, 1.54) is 18.4 Å². The van der Waals surface area contributed by atoms with Crippen LogP contribution in [0.1, 0.15) is 22.5 Å². The highest BCUT2D eigenvalue weighted by Gasteiger charge is 2.23. The van der Waals surface area contributed by atoms with Crippen LogP contribution in [-0.2, 0) is 11.3 Å². The summed E-state index contributed by atoms with van der Waals surface area (Å²) in [7, 11) is 0. The van der Waals surface area contributed by atoms with E-state index in [1.807, 2.05) is 0 Å². The Labute approximate surface area is 151 Å². The van der Waals surface area contributed by atoms with Crippen LogP contribution in [0.15, 0.2) is 47.1 Å². The smallest absolute Gasteiger partial charge is 0.289 e. The Bertz CT molecular complexity index is 723. The summed E-state index contributed by atoms with van der Waals surface area (Å²) in [5.41, 5.74) is 0.866. The first-order valence-electron chi connectivity index (χ1n) is 8.68. The molecule has 2 aromatic rings. The largest absolute Gasteiger partial charge is 0.459 e. The summed E-state index contributed by atoms with van der Waals surface area (Å²) in [5.74, 6) is -0.0570. The number of carbonyl (C=O) groups excluding carboxylic acids is 2. The van der Waals surface area contributed by atoms with Gasteiger partial charge in [-0.15, -0.1) is 0 Å². The molecule has 1 saturated heterocycles. The molecule has 0 spiro atoms. The second-order valence-electron chi connectivity index (χ2n) is 6.26. The fraction of sp³-hybridized carbons (Fsp3) is 0.368. The SMILES string of the molecule is O=C(CCN1CCN(C(=O)c2ccco2)CC1)NCc1ccc(F)cc1. The third-order valence-corrected chi connectivity index (χ3v) is 4.45. The van der Waals surface area contributed by atoms with E-state index in [4.69, 9.17) is 4.42 Å². The van der Waals surface area contributed by atoms with Crippen molar-refractivity contribution in [2.75, 3.05) is 32.7 Å². The third kappa shape index (κ3) is 4.92. The second-order valence-corrected chi connectivity index (χ2v) is 6.26. The number of carbonyl (C=O) groups is 2. The van der Waals surface area contributed by atoms with E-state index in [9.17, 15) is 14.0 Å². The van der Waals surface area contributed by atoms with Crippen LogP contribution < -0.4 is 5.32 Å². The molecule has 3 rings (SSSR count). The van der Waals surface area contributed by atoms with Crippen molar-refractivity contribution in [2.45, 2.75) is 13.0 Å². The lowest BCUT2D eigenvalue weighted by molar-refractivity contribution is -0.121. The summed E-state index contributed by atoms with van der Waals surface area (Å²) in [6, 6.07) is 9.44. The minimum Gasteiger partial charge on any atom is -0.459 e. The van der Waals surface area contributed by atoms with Crippen LogP contribution in [-0.4, -0.2) is 54.3 Å². The molecule has 1 aliphatic heterocycles. The molecule has 0 atom stereocenters. The molecule has 138 valence electrons. The number of furan rings is 1. The van der Waals surface area contributed by atoms with E-state index < -0.39 is 0 Å². The summed E-state index contributed by atoms with van der Waals surface area (Å²) < 4.78 is 18.0. The van der Waals surface area contributed by atoms with Crippen molar-refractivity contribution >= 4 is 11.8 Å². The molecule has 1 aromatic carbocycles. The van der Waals surface area contributed by atoms with Crippen molar-refractivity contribution in [3.63, 3.8) is 0 Å². The van der Waals surface area contributed by atoms with Gasteiger partial charge in [-0.1, -0.05) is 12.1 Å². The number of benzene rings is 1. The molecule has 1 aromatic heterocycles. The van der Waals surface area contributed by atoms with Gasteiger partial charge in [-0.3, -0.25) is 14.5 Å². The van der Waals surface area contributed by atoms with Crippen molar-refractivity contribution in [1.29, 1.82) is 0 Å². The van der Waals surface area contributed by atoms with Gasteiger partial charge in [0.15, 0.2) is 5.76 Å². The molecule has 2 amide bonds. The number of hydrogen-bond donors (Lipinski definition) is 1. The average molecular weight is 359 g/mol. The maximum Gasteiger partial charge on any atom is 0.289 e. The molecule has 1 N–H and O–H groups in total. The Hall–Kier alpha value is -2.67. The van der Waals surface area contributed by atoms with Gasteiger partial charge in [0, 0.05) is 45.7 Å². The normalized spacial score (nSPS) is 15.0. The first-order valence-corrected chi connectivity index (χ1v) is 8.68. The minimum atomic E-state index is -0.287. The third-order valence-electron chi connectivity index (χ3n) is 4.45. The lowest BCUT2D eigenvalue weighted by atomic mass is 10.2. The van der Waals surface area contributed by atoms with Gasteiger partial charge in [-0.25, -0.2) is 4.39 Å². The van der Waals surface area contributed by atoms with Crippen LogP contribution in [0, 0.1) is 5.82 Å². The maximum atomic E-state index is 12.8. The van der Waals surface area contributed by atoms with Crippen LogP contribution in [0.4, 0.5) is 4.39 Å². The van der Waals surface area contributed by atoms with E-state index in [1.54, 1.807) is 29.2 Å². The average Bonchev–Trinajstić information content (AvgIpc) is 3.20. The summed E-state index contributed by atoms with van der Waals surface area (Å²) >= 11 is 0. The van der Waals surface area contributed by atoms with Gasteiger partial charge in [0.05, 0.1) is 6.26 Å². The number of nitrogens with zero attached hydrogens (tertiary/aromatic N) is 2. The van der Waals surface area contributed by atoms with Gasteiger partial charge in [0.1, 0.15) is 5.82 Å². The van der Waals surface area contributed by atoms with Crippen LogP contribution >= 0.6 is 0 Å². The van der Waals surface area contributed by atoms with Crippen LogP contribution in [0.5, 0.6) is 0 Å². The summed E-state index contributed by atoms with van der Waals surface area (Å²) in [6.45, 7) is 3.76.